The molecule has 0 spiro atoms. The summed E-state index contributed by atoms with van der Waals surface area (Å²) in [4.78, 5) is 17.3. The van der Waals surface area contributed by atoms with Crippen LogP contribution in [-0.4, -0.2) is 44.1 Å². The number of likely N-dealkylation sites (N-methyl/N-ethyl adjacent to an activating group) is 1. The van der Waals surface area contributed by atoms with Crippen molar-refractivity contribution >= 4 is 12.0 Å². The van der Waals surface area contributed by atoms with Gasteiger partial charge in [-0.3, -0.25) is 9.79 Å². The highest BCUT2D eigenvalue weighted by Crippen LogP contribution is 1.91. The van der Waals surface area contributed by atoms with Crippen LogP contribution in [0.5, 0.6) is 0 Å². The maximum atomic E-state index is 11.0. The Kier molecular flexibility index (Phi) is 7.50. The number of hydrogen-bond donors (Lipinski definition) is 0. The summed E-state index contributed by atoms with van der Waals surface area (Å²) in [5.74, 6) is 0.288. The fraction of sp³-hybridized carbons (Fsp3) is 0.800. The highest BCUT2D eigenvalue weighted by atomic mass is 16.1. The molecule has 0 fully saturated rings. The summed E-state index contributed by atoms with van der Waals surface area (Å²) in [5, 5.41) is 0. The molecule has 0 N–H and O–H groups in total. The van der Waals surface area contributed by atoms with E-state index < -0.39 is 0 Å². The third-order valence-electron chi connectivity index (χ3n) is 1.65. The first-order valence-electron chi connectivity index (χ1n) is 4.81. The predicted molar refractivity (Wildman–Crippen MR) is 56.4 cm³/mol. The highest BCUT2D eigenvalue weighted by molar-refractivity contribution is 5.91. The van der Waals surface area contributed by atoms with Crippen LogP contribution in [0.4, 0.5) is 0 Å². The molecule has 0 saturated carbocycles. The van der Waals surface area contributed by atoms with Crippen LogP contribution in [0.2, 0.25) is 0 Å². The van der Waals surface area contributed by atoms with Gasteiger partial charge in [-0.1, -0.05) is 6.92 Å². The van der Waals surface area contributed by atoms with Crippen molar-refractivity contribution < 1.29 is 4.79 Å². The van der Waals surface area contributed by atoms with Crippen molar-refractivity contribution in [3.8, 4) is 0 Å². The third kappa shape index (κ3) is 9.21. The molecule has 0 aliphatic heterocycles. The lowest BCUT2D eigenvalue weighted by atomic mass is 10.2. The van der Waals surface area contributed by atoms with Gasteiger partial charge in [0.05, 0.1) is 6.54 Å². The first kappa shape index (κ1) is 12.3. The van der Waals surface area contributed by atoms with E-state index in [9.17, 15) is 4.79 Å². The second kappa shape index (κ2) is 7.92. The molecule has 3 heteroatoms. The van der Waals surface area contributed by atoms with Crippen LogP contribution in [-0.2, 0) is 4.79 Å². The van der Waals surface area contributed by atoms with Crippen molar-refractivity contribution in [2.24, 2.45) is 4.99 Å². The Hall–Kier alpha value is -0.700. The van der Waals surface area contributed by atoms with Gasteiger partial charge in [0, 0.05) is 25.6 Å². The lowest BCUT2D eigenvalue weighted by molar-refractivity contribution is -0.117. The molecule has 0 heterocycles. The minimum Gasteiger partial charge on any atom is -0.308 e. The summed E-state index contributed by atoms with van der Waals surface area (Å²) >= 11 is 0. The number of aliphatic imine (C=N–C) groups is 1. The SMILES string of the molecule is CCCC(=O)CC=NCCN(C)C. The first-order valence-corrected chi connectivity index (χ1v) is 4.81. The van der Waals surface area contributed by atoms with Gasteiger partial charge in [-0.15, -0.1) is 0 Å². The fourth-order valence-corrected chi connectivity index (χ4v) is 0.896. The van der Waals surface area contributed by atoms with Gasteiger partial charge in [-0.2, -0.15) is 0 Å². The van der Waals surface area contributed by atoms with E-state index in [4.69, 9.17) is 0 Å². The minimum absolute atomic E-state index is 0.288. The van der Waals surface area contributed by atoms with Gasteiger partial charge in [0.1, 0.15) is 5.78 Å². The quantitative estimate of drug-likeness (QED) is 0.560. The largest absolute Gasteiger partial charge is 0.308 e. The van der Waals surface area contributed by atoms with Gasteiger partial charge in [-0.25, -0.2) is 0 Å². The second-order valence-corrected chi connectivity index (χ2v) is 3.38. The van der Waals surface area contributed by atoms with Crippen molar-refractivity contribution in [1.82, 2.24) is 4.90 Å². The summed E-state index contributed by atoms with van der Waals surface area (Å²) in [6.07, 6.45) is 3.85. The summed E-state index contributed by atoms with van der Waals surface area (Å²) in [6.45, 7) is 3.74. The molecule has 0 rings (SSSR count). The van der Waals surface area contributed by atoms with Crippen molar-refractivity contribution in [1.29, 1.82) is 0 Å². The molecule has 0 unspecified atom stereocenters. The van der Waals surface area contributed by atoms with Crippen molar-refractivity contribution in [2.75, 3.05) is 27.2 Å². The maximum Gasteiger partial charge on any atom is 0.138 e. The molecule has 76 valence electrons. The van der Waals surface area contributed by atoms with E-state index in [2.05, 4.69) is 9.89 Å². The Balaban J connectivity index is 3.35. The van der Waals surface area contributed by atoms with E-state index in [0.29, 0.717) is 12.8 Å². The molecule has 0 aliphatic rings. The maximum absolute atomic E-state index is 11.0. The van der Waals surface area contributed by atoms with Crippen molar-refractivity contribution in [3.05, 3.63) is 0 Å². The van der Waals surface area contributed by atoms with Crippen LogP contribution >= 0.6 is 0 Å². The molecule has 0 atom stereocenters. The van der Waals surface area contributed by atoms with Crippen LogP contribution in [0.15, 0.2) is 4.99 Å². The lowest BCUT2D eigenvalue weighted by Crippen LogP contribution is -2.15. The molecule has 0 aromatic carbocycles. The topological polar surface area (TPSA) is 32.7 Å². The van der Waals surface area contributed by atoms with Gasteiger partial charge < -0.3 is 4.90 Å². The lowest BCUT2D eigenvalue weighted by Gasteiger charge is -2.05. The molecule has 0 aromatic heterocycles. The number of rotatable bonds is 7. The number of Topliss-reactive ketones (excluding diaryl/α,β-unsaturated/α-hetero) is 1. The van der Waals surface area contributed by atoms with Crippen LogP contribution in [0.3, 0.4) is 0 Å². The zero-order chi connectivity index (χ0) is 10.1. The average molecular weight is 184 g/mol. The van der Waals surface area contributed by atoms with Crippen LogP contribution in [0.25, 0.3) is 0 Å². The monoisotopic (exact) mass is 184 g/mol. The van der Waals surface area contributed by atoms with Crippen molar-refractivity contribution in [3.63, 3.8) is 0 Å². The number of carbonyl (C=O) groups is 1. The Bertz CT molecular complexity index is 164. The average Bonchev–Trinajstić information content (AvgIpc) is 2.03. The molecule has 0 amide bonds. The number of ketones is 1. The molecular formula is C10H20N2O. The van der Waals surface area contributed by atoms with E-state index in [1.54, 1.807) is 6.21 Å². The van der Waals surface area contributed by atoms with Crippen LogP contribution in [0, 0.1) is 0 Å². The van der Waals surface area contributed by atoms with Crippen molar-refractivity contribution in [2.45, 2.75) is 26.2 Å². The zero-order valence-corrected chi connectivity index (χ0v) is 8.92. The van der Waals surface area contributed by atoms with Gasteiger partial charge in [0.25, 0.3) is 0 Å². The van der Waals surface area contributed by atoms with E-state index in [1.807, 2.05) is 21.0 Å². The Labute approximate surface area is 80.8 Å². The summed E-state index contributed by atoms with van der Waals surface area (Å²) < 4.78 is 0. The summed E-state index contributed by atoms with van der Waals surface area (Å²) in [6, 6.07) is 0. The molecule has 0 saturated heterocycles. The Morgan fingerprint density at radius 2 is 2.15 bits per heavy atom. The fourth-order valence-electron chi connectivity index (χ4n) is 0.896. The molecule has 0 radical (unpaired) electrons. The number of nitrogens with zero attached hydrogens (tertiary/aromatic N) is 2. The third-order valence-corrected chi connectivity index (χ3v) is 1.65. The smallest absolute Gasteiger partial charge is 0.138 e. The predicted octanol–water partition coefficient (Wildman–Crippen LogP) is 1.38. The summed E-state index contributed by atoms with van der Waals surface area (Å²) in [7, 11) is 4.02. The Morgan fingerprint density at radius 3 is 2.69 bits per heavy atom. The van der Waals surface area contributed by atoms with Crippen LogP contribution < -0.4 is 0 Å². The molecule has 0 bridgehead atoms. The first-order chi connectivity index (χ1) is 6.16. The number of hydrogen-bond acceptors (Lipinski definition) is 3. The van der Waals surface area contributed by atoms with Gasteiger partial charge in [0.15, 0.2) is 0 Å². The van der Waals surface area contributed by atoms with E-state index in [0.717, 1.165) is 19.5 Å². The second-order valence-electron chi connectivity index (χ2n) is 3.38. The number of carbonyl (C=O) groups excluding carboxylic acids is 1. The van der Waals surface area contributed by atoms with E-state index in [-0.39, 0.29) is 5.78 Å². The molecule has 0 aromatic rings. The van der Waals surface area contributed by atoms with Gasteiger partial charge >= 0.3 is 0 Å². The minimum atomic E-state index is 0.288. The van der Waals surface area contributed by atoms with Gasteiger partial charge in [0.2, 0.25) is 0 Å². The normalized spacial score (nSPS) is 11.4. The highest BCUT2D eigenvalue weighted by Gasteiger charge is 1.95. The molecule has 3 nitrogen and oxygen atoms in total. The summed E-state index contributed by atoms with van der Waals surface area (Å²) in [5.41, 5.74) is 0. The zero-order valence-electron chi connectivity index (χ0n) is 8.92. The van der Waals surface area contributed by atoms with E-state index in [1.165, 1.54) is 0 Å². The van der Waals surface area contributed by atoms with E-state index >= 15 is 0 Å². The Morgan fingerprint density at radius 1 is 1.46 bits per heavy atom. The molecular weight excluding hydrogens is 164 g/mol. The molecule has 13 heavy (non-hydrogen) atoms. The van der Waals surface area contributed by atoms with Crippen LogP contribution in [0.1, 0.15) is 26.2 Å². The standard InChI is InChI=1S/C10H20N2O/c1-4-5-10(13)6-7-11-8-9-12(2)3/h7H,4-6,8-9H2,1-3H3. The molecule has 0 aliphatic carbocycles. The van der Waals surface area contributed by atoms with Gasteiger partial charge in [-0.05, 0) is 20.5 Å².